The van der Waals surface area contributed by atoms with Crippen molar-refractivity contribution in [1.82, 2.24) is 4.98 Å². The molecule has 0 saturated heterocycles. The molecule has 5 heteroatoms. The number of aromatic nitrogens is 1. The summed E-state index contributed by atoms with van der Waals surface area (Å²) < 4.78 is 1.10. The lowest BCUT2D eigenvalue weighted by Crippen LogP contribution is -1.98. The van der Waals surface area contributed by atoms with Crippen molar-refractivity contribution in [3.63, 3.8) is 0 Å². The monoisotopic (exact) mass is 337 g/mol. The van der Waals surface area contributed by atoms with Crippen LogP contribution in [0, 0.1) is 9.81 Å². The Hall–Kier alpha value is 0.0200. The third-order valence-electron chi connectivity index (χ3n) is 1.92. The second-order valence-corrected chi connectivity index (χ2v) is 6.91. The van der Waals surface area contributed by atoms with Gasteiger partial charge in [-0.05, 0) is 41.0 Å². The highest BCUT2D eigenvalue weighted by Crippen LogP contribution is 2.30. The minimum atomic E-state index is -0.560. The second kappa shape index (κ2) is 4.26. The van der Waals surface area contributed by atoms with Crippen molar-refractivity contribution in [2.45, 2.75) is 13.0 Å². The van der Waals surface area contributed by atoms with Crippen LogP contribution >= 0.6 is 45.3 Å². The molecule has 0 bridgehead atoms. The van der Waals surface area contributed by atoms with Gasteiger partial charge < -0.3 is 5.11 Å². The zero-order chi connectivity index (χ0) is 10.1. The van der Waals surface area contributed by atoms with E-state index >= 15 is 0 Å². The Bertz CT molecular complexity index is 437. The Balaban J connectivity index is 2.33. The number of aryl methyl sites for hydroxylation is 1. The number of rotatable bonds is 2. The molecule has 0 aliphatic rings. The second-order valence-electron chi connectivity index (χ2n) is 2.84. The third-order valence-corrected chi connectivity index (χ3v) is 4.56. The van der Waals surface area contributed by atoms with Crippen molar-refractivity contribution in [2.24, 2.45) is 0 Å². The highest BCUT2D eigenvalue weighted by Gasteiger charge is 2.16. The number of hydrogen-bond donors (Lipinski definition) is 1. The Morgan fingerprint density at radius 3 is 2.86 bits per heavy atom. The minimum Gasteiger partial charge on any atom is -0.381 e. The van der Waals surface area contributed by atoms with E-state index in [9.17, 15) is 5.11 Å². The van der Waals surface area contributed by atoms with Crippen LogP contribution in [0.4, 0.5) is 0 Å². The molecule has 2 aromatic heterocycles. The number of aliphatic hydroxyl groups is 1. The molecule has 1 unspecified atom stereocenters. The highest BCUT2D eigenvalue weighted by molar-refractivity contribution is 14.1. The van der Waals surface area contributed by atoms with Crippen molar-refractivity contribution in [3.8, 4) is 0 Å². The van der Waals surface area contributed by atoms with Gasteiger partial charge in [-0.1, -0.05) is 0 Å². The Kier molecular flexibility index (Phi) is 3.20. The predicted molar refractivity (Wildman–Crippen MR) is 67.9 cm³/mol. The Labute approximate surface area is 104 Å². The summed E-state index contributed by atoms with van der Waals surface area (Å²) in [5.74, 6) is 0. The SMILES string of the molecule is Cc1sccc1C(O)c1ncc(I)s1. The maximum atomic E-state index is 10.0. The number of halogens is 1. The van der Waals surface area contributed by atoms with Crippen molar-refractivity contribution >= 4 is 45.3 Å². The average molecular weight is 337 g/mol. The summed E-state index contributed by atoms with van der Waals surface area (Å²) in [6, 6.07) is 1.96. The van der Waals surface area contributed by atoms with Crippen LogP contribution in [0.15, 0.2) is 17.6 Å². The van der Waals surface area contributed by atoms with Gasteiger partial charge in [0.2, 0.25) is 0 Å². The molecule has 2 rings (SSSR count). The van der Waals surface area contributed by atoms with Gasteiger partial charge in [-0.15, -0.1) is 22.7 Å². The first-order valence-electron chi connectivity index (χ1n) is 4.02. The lowest BCUT2D eigenvalue weighted by atomic mass is 10.1. The normalized spacial score (nSPS) is 13.1. The molecule has 0 saturated carbocycles. The van der Waals surface area contributed by atoms with Crippen LogP contribution in [0.1, 0.15) is 21.6 Å². The number of thiophene rings is 1. The smallest absolute Gasteiger partial charge is 0.132 e. The van der Waals surface area contributed by atoms with Crippen molar-refractivity contribution < 1.29 is 5.11 Å². The molecule has 2 nitrogen and oxygen atoms in total. The predicted octanol–water partition coefficient (Wildman–Crippen LogP) is 3.20. The molecule has 0 aliphatic heterocycles. The van der Waals surface area contributed by atoms with Gasteiger partial charge >= 0.3 is 0 Å². The van der Waals surface area contributed by atoms with E-state index in [4.69, 9.17) is 0 Å². The number of thiazole rings is 1. The molecule has 2 heterocycles. The van der Waals surface area contributed by atoms with Crippen molar-refractivity contribution in [1.29, 1.82) is 0 Å². The number of hydrogen-bond acceptors (Lipinski definition) is 4. The fraction of sp³-hybridized carbons (Fsp3) is 0.222. The van der Waals surface area contributed by atoms with Gasteiger partial charge in [0.15, 0.2) is 0 Å². The van der Waals surface area contributed by atoms with Crippen LogP contribution in [0.3, 0.4) is 0 Å². The van der Waals surface area contributed by atoms with Crippen LogP contribution in [-0.4, -0.2) is 10.1 Å². The molecule has 0 fully saturated rings. The van der Waals surface area contributed by atoms with Crippen LogP contribution in [0.2, 0.25) is 0 Å². The lowest BCUT2D eigenvalue weighted by Gasteiger charge is -2.05. The molecule has 0 aliphatic carbocycles. The van der Waals surface area contributed by atoms with Crippen LogP contribution < -0.4 is 0 Å². The van der Waals surface area contributed by atoms with E-state index in [0.29, 0.717) is 0 Å². The van der Waals surface area contributed by atoms with Gasteiger partial charge in [0.25, 0.3) is 0 Å². The van der Waals surface area contributed by atoms with E-state index in [1.54, 1.807) is 17.5 Å². The zero-order valence-electron chi connectivity index (χ0n) is 7.40. The van der Waals surface area contributed by atoms with Crippen LogP contribution in [-0.2, 0) is 0 Å². The molecule has 0 spiro atoms. The van der Waals surface area contributed by atoms with Crippen LogP contribution in [0.25, 0.3) is 0 Å². The van der Waals surface area contributed by atoms with E-state index in [-0.39, 0.29) is 0 Å². The van der Waals surface area contributed by atoms with Gasteiger partial charge in [0, 0.05) is 10.4 Å². The molecule has 0 amide bonds. The van der Waals surface area contributed by atoms with E-state index in [2.05, 4.69) is 27.6 Å². The van der Waals surface area contributed by atoms with Crippen LogP contribution in [0.5, 0.6) is 0 Å². The summed E-state index contributed by atoms with van der Waals surface area (Å²) in [6.45, 7) is 2.02. The summed E-state index contributed by atoms with van der Waals surface area (Å²) in [5.41, 5.74) is 0.973. The average Bonchev–Trinajstić information content (AvgIpc) is 2.73. The highest BCUT2D eigenvalue weighted by atomic mass is 127. The molecular formula is C9H8INOS2. The fourth-order valence-corrected chi connectivity index (χ4v) is 3.40. The molecular weight excluding hydrogens is 329 g/mol. The van der Waals surface area contributed by atoms with Gasteiger partial charge in [0.05, 0.1) is 9.08 Å². The summed E-state index contributed by atoms with van der Waals surface area (Å²) >= 11 is 5.39. The molecule has 2 aromatic rings. The standard InChI is InChI=1S/C9H8INOS2/c1-5-6(2-3-13-5)8(12)9-11-4-7(10)14-9/h2-4,8,12H,1H3. The Morgan fingerprint density at radius 1 is 1.57 bits per heavy atom. The topological polar surface area (TPSA) is 33.1 Å². The molecule has 74 valence electrons. The quantitative estimate of drug-likeness (QED) is 0.854. The first kappa shape index (κ1) is 10.5. The molecule has 1 N–H and O–H groups in total. The lowest BCUT2D eigenvalue weighted by molar-refractivity contribution is 0.219. The van der Waals surface area contributed by atoms with Gasteiger partial charge in [-0.2, -0.15) is 0 Å². The first-order chi connectivity index (χ1) is 6.68. The summed E-state index contributed by atoms with van der Waals surface area (Å²) in [5, 5.41) is 12.8. The maximum absolute atomic E-state index is 10.0. The fourth-order valence-electron chi connectivity index (χ4n) is 1.20. The molecule has 0 radical (unpaired) electrons. The molecule has 14 heavy (non-hydrogen) atoms. The number of aliphatic hydroxyl groups excluding tert-OH is 1. The van der Waals surface area contributed by atoms with Crippen molar-refractivity contribution in [3.05, 3.63) is 36.0 Å². The minimum absolute atomic E-state index is 0.560. The number of nitrogens with zero attached hydrogens (tertiary/aromatic N) is 1. The maximum Gasteiger partial charge on any atom is 0.132 e. The van der Waals surface area contributed by atoms with E-state index in [1.165, 1.54) is 11.3 Å². The third kappa shape index (κ3) is 2.00. The van der Waals surface area contributed by atoms with Crippen molar-refractivity contribution in [2.75, 3.05) is 0 Å². The zero-order valence-corrected chi connectivity index (χ0v) is 11.2. The van der Waals surface area contributed by atoms with E-state index in [1.807, 2.05) is 18.4 Å². The molecule has 1 atom stereocenters. The largest absolute Gasteiger partial charge is 0.381 e. The first-order valence-corrected chi connectivity index (χ1v) is 6.79. The van der Waals surface area contributed by atoms with E-state index in [0.717, 1.165) is 18.3 Å². The summed E-state index contributed by atoms with van der Waals surface area (Å²) in [4.78, 5) is 5.33. The van der Waals surface area contributed by atoms with Gasteiger partial charge in [-0.3, -0.25) is 0 Å². The van der Waals surface area contributed by atoms with Gasteiger partial charge in [0.1, 0.15) is 11.1 Å². The molecule has 0 aromatic carbocycles. The Morgan fingerprint density at radius 2 is 2.36 bits per heavy atom. The summed E-state index contributed by atoms with van der Waals surface area (Å²) in [6.07, 6.45) is 1.22. The summed E-state index contributed by atoms with van der Waals surface area (Å²) in [7, 11) is 0. The van der Waals surface area contributed by atoms with Gasteiger partial charge in [-0.25, -0.2) is 4.98 Å². The van der Waals surface area contributed by atoms with E-state index < -0.39 is 6.10 Å².